The number of likely N-dealkylation sites (tertiary alicyclic amines) is 2. The first-order valence-corrected chi connectivity index (χ1v) is 10.5. The van der Waals surface area contributed by atoms with Crippen molar-refractivity contribution in [3.8, 4) is 11.1 Å². The highest BCUT2D eigenvalue weighted by atomic mass is 16.3. The molecule has 1 N–H and O–H groups in total. The highest BCUT2D eigenvalue weighted by Gasteiger charge is 2.36. The Morgan fingerprint density at radius 3 is 2.18 bits per heavy atom. The molecule has 2 aliphatic heterocycles. The molecule has 2 aromatic rings. The normalized spacial score (nSPS) is 23.1. The molecule has 0 saturated carbocycles. The van der Waals surface area contributed by atoms with E-state index in [2.05, 4.69) is 17.0 Å². The molecular formula is C24H30N2O2. The Hall–Kier alpha value is -2.17. The summed E-state index contributed by atoms with van der Waals surface area (Å²) < 4.78 is 0. The number of carbonyl (C=O) groups excluding carboxylic acids is 1. The number of nitrogens with zero attached hydrogens (tertiary/aromatic N) is 2. The maximum Gasteiger partial charge on any atom is 0.253 e. The summed E-state index contributed by atoms with van der Waals surface area (Å²) in [6, 6.07) is 18.1. The second-order valence-electron chi connectivity index (χ2n) is 8.22. The Kier molecular flexibility index (Phi) is 6.08. The molecule has 28 heavy (non-hydrogen) atoms. The summed E-state index contributed by atoms with van der Waals surface area (Å²) in [5.41, 5.74) is 3.01. The van der Waals surface area contributed by atoms with Gasteiger partial charge in [0.25, 0.3) is 5.91 Å². The molecule has 0 aromatic heterocycles. The van der Waals surface area contributed by atoms with E-state index in [0.29, 0.717) is 12.5 Å². The first-order valence-electron chi connectivity index (χ1n) is 10.5. The van der Waals surface area contributed by atoms with Crippen molar-refractivity contribution in [3.05, 3.63) is 60.2 Å². The zero-order valence-electron chi connectivity index (χ0n) is 16.5. The average molecular weight is 379 g/mol. The topological polar surface area (TPSA) is 43.8 Å². The molecule has 0 bridgehead atoms. The second-order valence-corrected chi connectivity index (χ2v) is 8.22. The van der Waals surface area contributed by atoms with Crippen LogP contribution < -0.4 is 0 Å². The average Bonchev–Trinajstić information content (AvgIpc) is 3.17. The van der Waals surface area contributed by atoms with Crippen LogP contribution in [0.4, 0.5) is 0 Å². The molecule has 4 heteroatoms. The van der Waals surface area contributed by atoms with E-state index in [1.807, 2.05) is 47.4 Å². The van der Waals surface area contributed by atoms with Gasteiger partial charge in [0.1, 0.15) is 0 Å². The number of benzene rings is 2. The number of carbonyl (C=O) groups is 1. The Balaban J connectivity index is 1.41. The molecule has 0 unspecified atom stereocenters. The lowest BCUT2D eigenvalue weighted by atomic mass is 9.95. The van der Waals surface area contributed by atoms with Crippen molar-refractivity contribution in [1.82, 2.24) is 9.80 Å². The van der Waals surface area contributed by atoms with Crippen LogP contribution in [0.3, 0.4) is 0 Å². The number of rotatable bonds is 5. The molecule has 0 aliphatic carbocycles. The molecule has 2 aliphatic rings. The highest BCUT2D eigenvalue weighted by molar-refractivity contribution is 5.95. The van der Waals surface area contributed by atoms with E-state index in [4.69, 9.17) is 0 Å². The van der Waals surface area contributed by atoms with Gasteiger partial charge in [-0.25, -0.2) is 0 Å². The van der Waals surface area contributed by atoms with Crippen LogP contribution in [0, 0.1) is 11.8 Å². The lowest BCUT2D eigenvalue weighted by Crippen LogP contribution is -2.37. The maximum absolute atomic E-state index is 13.0. The highest BCUT2D eigenvalue weighted by Crippen LogP contribution is 2.27. The van der Waals surface area contributed by atoms with Gasteiger partial charge in [0.05, 0.1) is 0 Å². The van der Waals surface area contributed by atoms with Crippen molar-refractivity contribution < 1.29 is 9.90 Å². The van der Waals surface area contributed by atoms with Crippen LogP contribution in [0.25, 0.3) is 11.1 Å². The molecular weight excluding hydrogens is 348 g/mol. The van der Waals surface area contributed by atoms with Gasteiger partial charge in [-0.15, -0.1) is 0 Å². The zero-order valence-corrected chi connectivity index (χ0v) is 16.5. The van der Waals surface area contributed by atoms with E-state index in [1.165, 1.54) is 19.3 Å². The molecule has 2 fully saturated rings. The van der Waals surface area contributed by atoms with Gasteiger partial charge in [-0.05, 0) is 55.1 Å². The van der Waals surface area contributed by atoms with E-state index < -0.39 is 0 Å². The monoisotopic (exact) mass is 378 g/mol. The minimum absolute atomic E-state index is 0.0826. The zero-order chi connectivity index (χ0) is 19.3. The fourth-order valence-electron chi connectivity index (χ4n) is 4.61. The van der Waals surface area contributed by atoms with Crippen LogP contribution in [-0.2, 0) is 0 Å². The third kappa shape index (κ3) is 4.29. The van der Waals surface area contributed by atoms with E-state index in [9.17, 15) is 9.90 Å². The summed E-state index contributed by atoms with van der Waals surface area (Å²) >= 11 is 0. The molecule has 148 valence electrons. The van der Waals surface area contributed by atoms with Crippen molar-refractivity contribution in [3.63, 3.8) is 0 Å². The van der Waals surface area contributed by atoms with Crippen LogP contribution in [-0.4, -0.2) is 60.1 Å². The van der Waals surface area contributed by atoms with Gasteiger partial charge in [0.2, 0.25) is 0 Å². The van der Waals surface area contributed by atoms with Crippen molar-refractivity contribution in [2.75, 3.05) is 39.3 Å². The van der Waals surface area contributed by atoms with Gasteiger partial charge >= 0.3 is 0 Å². The summed E-state index contributed by atoms with van der Waals surface area (Å²) in [7, 11) is 0. The van der Waals surface area contributed by atoms with Crippen molar-refractivity contribution in [2.45, 2.75) is 19.3 Å². The Labute approximate surface area is 167 Å². The lowest BCUT2D eigenvalue weighted by molar-refractivity contribution is 0.0778. The molecule has 4 rings (SSSR count). The molecule has 4 nitrogen and oxygen atoms in total. The molecule has 0 radical (unpaired) electrons. The lowest BCUT2D eigenvalue weighted by Gasteiger charge is -2.30. The van der Waals surface area contributed by atoms with Gasteiger partial charge in [-0.1, -0.05) is 48.9 Å². The Morgan fingerprint density at radius 1 is 0.857 bits per heavy atom. The van der Waals surface area contributed by atoms with Crippen LogP contribution in [0.2, 0.25) is 0 Å². The molecule has 2 heterocycles. The quantitative estimate of drug-likeness (QED) is 0.866. The minimum Gasteiger partial charge on any atom is -0.396 e. The third-order valence-electron chi connectivity index (χ3n) is 6.28. The number of hydrogen-bond donors (Lipinski definition) is 1. The first-order chi connectivity index (χ1) is 13.7. The molecule has 2 atom stereocenters. The van der Waals surface area contributed by atoms with Crippen molar-refractivity contribution >= 4 is 5.91 Å². The number of aliphatic hydroxyl groups excluding tert-OH is 1. The van der Waals surface area contributed by atoms with Gasteiger partial charge in [-0.2, -0.15) is 0 Å². The predicted octanol–water partition coefficient (Wildman–Crippen LogP) is 3.52. The smallest absolute Gasteiger partial charge is 0.253 e. The minimum atomic E-state index is 0.0826. The summed E-state index contributed by atoms with van der Waals surface area (Å²) in [4.78, 5) is 17.5. The first kappa shape index (κ1) is 19.2. The third-order valence-corrected chi connectivity index (χ3v) is 6.28. The van der Waals surface area contributed by atoms with Crippen LogP contribution in [0.5, 0.6) is 0 Å². The van der Waals surface area contributed by atoms with Gasteiger partial charge < -0.3 is 14.9 Å². The second kappa shape index (κ2) is 8.89. The van der Waals surface area contributed by atoms with Crippen molar-refractivity contribution in [2.24, 2.45) is 11.8 Å². The van der Waals surface area contributed by atoms with Gasteiger partial charge in [0.15, 0.2) is 0 Å². The summed E-state index contributed by atoms with van der Waals surface area (Å²) in [6.07, 6.45) is 3.87. The van der Waals surface area contributed by atoms with Crippen LogP contribution >= 0.6 is 0 Å². The van der Waals surface area contributed by atoms with Crippen LogP contribution in [0.15, 0.2) is 54.6 Å². The van der Waals surface area contributed by atoms with Crippen molar-refractivity contribution in [1.29, 1.82) is 0 Å². The SMILES string of the molecule is O=C(c1ccc(-c2ccccc2)cc1)N1C[C@@H](CN2CCCCC2)[C@@H](CO)C1. The summed E-state index contributed by atoms with van der Waals surface area (Å²) in [6.45, 7) is 4.89. The maximum atomic E-state index is 13.0. The Morgan fingerprint density at radius 2 is 1.50 bits per heavy atom. The van der Waals surface area contributed by atoms with E-state index in [-0.39, 0.29) is 18.4 Å². The molecule has 1 amide bonds. The Bertz CT molecular complexity index is 769. The van der Waals surface area contributed by atoms with Gasteiger partial charge in [0, 0.05) is 37.7 Å². The molecule has 2 aromatic carbocycles. The number of piperidine rings is 1. The number of amides is 1. The van der Waals surface area contributed by atoms with E-state index >= 15 is 0 Å². The van der Waals surface area contributed by atoms with Crippen LogP contribution in [0.1, 0.15) is 29.6 Å². The fraction of sp³-hybridized carbons (Fsp3) is 0.458. The van der Waals surface area contributed by atoms with E-state index in [0.717, 1.165) is 42.9 Å². The summed E-state index contributed by atoms with van der Waals surface area (Å²) in [5.74, 6) is 0.643. The number of hydrogen-bond acceptors (Lipinski definition) is 3. The number of aliphatic hydroxyl groups is 1. The molecule has 0 spiro atoms. The van der Waals surface area contributed by atoms with Gasteiger partial charge in [-0.3, -0.25) is 4.79 Å². The standard InChI is InChI=1S/C24H30N2O2/c27-18-23-17-26(16-22(23)15-25-13-5-2-6-14-25)24(28)21-11-9-20(10-12-21)19-7-3-1-4-8-19/h1,3-4,7-12,22-23,27H,2,5-6,13-18H2/t22-,23-/m1/s1. The van der Waals surface area contributed by atoms with E-state index in [1.54, 1.807) is 0 Å². The summed E-state index contributed by atoms with van der Waals surface area (Å²) in [5, 5.41) is 9.84. The predicted molar refractivity (Wildman–Crippen MR) is 112 cm³/mol. The molecule has 2 saturated heterocycles. The largest absolute Gasteiger partial charge is 0.396 e. The fourth-order valence-corrected chi connectivity index (χ4v) is 4.61.